The van der Waals surface area contributed by atoms with Crippen LogP contribution < -0.4 is 4.74 Å². The predicted molar refractivity (Wildman–Crippen MR) is 77.5 cm³/mol. The number of ether oxygens (including phenoxy) is 1. The van der Waals surface area contributed by atoms with Gasteiger partial charge in [0.2, 0.25) is 5.88 Å². The lowest BCUT2D eigenvalue weighted by Gasteiger charge is -2.08. The summed E-state index contributed by atoms with van der Waals surface area (Å²) >= 11 is 6.42. The van der Waals surface area contributed by atoms with Gasteiger partial charge in [-0.25, -0.2) is 4.98 Å². The minimum atomic E-state index is -0.501. The predicted octanol–water partition coefficient (Wildman–Crippen LogP) is 4.18. The molecule has 1 aromatic carbocycles. The number of rotatable bonds is 3. The first kappa shape index (κ1) is 14.4. The lowest BCUT2D eigenvalue weighted by atomic mass is 10.3. The number of nitro benzene ring substituents is 1. The standard InChI is InChI=1S/C12H5Br2N3O3/c13-9-3-8(17(18)19)4-10(14)12(9)20-11-2-1-7(5-15)6-16-11/h1-4,6H. The zero-order valence-corrected chi connectivity index (χ0v) is 12.9. The molecular formula is C12H5Br2N3O3. The average Bonchev–Trinajstić information content (AvgIpc) is 2.43. The minimum Gasteiger partial charge on any atom is -0.437 e. The van der Waals surface area contributed by atoms with Crippen LogP contribution in [0, 0.1) is 21.4 Å². The molecule has 6 nitrogen and oxygen atoms in total. The monoisotopic (exact) mass is 397 g/mol. The van der Waals surface area contributed by atoms with Crippen molar-refractivity contribution in [3.05, 3.63) is 55.1 Å². The number of pyridine rings is 1. The quantitative estimate of drug-likeness (QED) is 0.571. The van der Waals surface area contributed by atoms with E-state index in [2.05, 4.69) is 36.8 Å². The SMILES string of the molecule is N#Cc1ccc(Oc2c(Br)cc([N+](=O)[O-])cc2Br)nc1. The van der Waals surface area contributed by atoms with Gasteiger partial charge in [-0.05, 0) is 37.9 Å². The average molecular weight is 399 g/mol. The molecule has 0 aliphatic rings. The normalized spacial score (nSPS) is 9.85. The van der Waals surface area contributed by atoms with Crippen molar-refractivity contribution < 1.29 is 9.66 Å². The molecule has 0 aliphatic heterocycles. The molecule has 0 amide bonds. The van der Waals surface area contributed by atoms with Crippen LogP contribution in [0.5, 0.6) is 11.6 Å². The Hall–Kier alpha value is -1.98. The number of nitrogens with zero attached hydrogens (tertiary/aromatic N) is 3. The number of hydrogen-bond donors (Lipinski definition) is 0. The van der Waals surface area contributed by atoms with Crippen molar-refractivity contribution >= 4 is 37.5 Å². The molecule has 0 atom stereocenters. The Morgan fingerprint density at radius 3 is 2.40 bits per heavy atom. The smallest absolute Gasteiger partial charge is 0.271 e. The van der Waals surface area contributed by atoms with Gasteiger partial charge in [-0.15, -0.1) is 0 Å². The summed E-state index contributed by atoms with van der Waals surface area (Å²) in [5.41, 5.74) is 0.350. The van der Waals surface area contributed by atoms with Crippen LogP contribution in [0.15, 0.2) is 39.4 Å². The molecule has 1 heterocycles. The zero-order chi connectivity index (χ0) is 14.7. The molecule has 0 saturated carbocycles. The third-order valence-corrected chi connectivity index (χ3v) is 3.44. The molecule has 2 aromatic rings. The lowest BCUT2D eigenvalue weighted by molar-refractivity contribution is -0.385. The van der Waals surface area contributed by atoms with Crippen LogP contribution >= 0.6 is 31.9 Å². The molecule has 0 N–H and O–H groups in total. The van der Waals surface area contributed by atoms with E-state index >= 15 is 0 Å². The summed E-state index contributed by atoms with van der Waals surface area (Å²) in [5, 5.41) is 19.4. The van der Waals surface area contributed by atoms with Crippen molar-refractivity contribution in [2.24, 2.45) is 0 Å². The molecule has 20 heavy (non-hydrogen) atoms. The van der Waals surface area contributed by atoms with Crippen molar-refractivity contribution in [3.8, 4) is 17.7 Å². The number of non-ortho nitro benzene ring substituents is 1. The number of nitriles is 1. The largest absolute Gasteiger partial charge is 0.437 e. The van der Waals surface area contributed by atoms with Gasteiger partial charge in [0.15, 0.2) is 5.75 Å². The highest BCUT2D eigenvalue weighted by molar-refractivity contribution is 9.11. The molecule has 0 aliphatic carbocycles. The van der Waals surface area contributed by atoms with Crippen molar-refractivity contribution in [2.75, 3.05) is 0 Å². The highest BCUT2D eigenvalue weighted by Gasteiger charge is 2.16. The molecule has 0 bridgehead atoms. The van der Waals surface area contributed by atoms with Gasteiger partial charge in [0, 0.05) is 24.4 Å². The maximum Gasteiger partial charge on any atom is 0.271 e. The number of nitro groups is 1. The van der Waals surface area contributed by atoms with Crippen LogP contribution in [-0.2, 0) is 0 Å². The summed E-state index contributed by atoms with van der Waals surface area (Å²) in [6.45, 7) is 0. The van der Waals surface area contributed by atoms with Gasteiger partial charge in [-0.2, -0.15) is 5.26 Å². The van der Waals surface area contributed by atoms with E-state index < -0.39 is 4.92 Å². The first-order valence-corrected chi connectivity index (χ1v) is 6.77. The summed E-state index contributed by atoms with van der Waals surface area (Å²) in [4.78, 5) is 14.2. The molecular weight excluding hydrogens is 394 g/mol. The molecule has 2 rings (SSSR count). The van der Waals surface area contributed by atoms with Crippen molar-refractivity contribution in [2.45, 2.75) is 0 Å². The summed E-state index contributed by atoms with van der Waals surface area (Å²) in [6, 6.07) is 7.73. The number of hydrogen-bond acceptors (Lipinski definition) is 5. The van der Waals surface area contributed by atoms with Gasteiger partial charge in [0.05, 0.1) is 19.4 Å². The summed E-state index contributed by atoms with van der Waals surface area (Å²) in [5.74, 6) is 0.645. The van der Waals surface area contributed by atoms with E-state index in [1.165, 1.54) is 18.3 Å². The van der Waals surface area contributed by atoms with Crippen LogP contribution in [0.1, 0.15) is 5.56 Å². The second-order valence-electron chi connectivity index (χ2n) is 3.59. The van der Waals surface area contributed by atoms with Crippen LogP contribution in [0.25, 0.3) is 0 Å². The number of halogens is 2. The highest BCUT2D eigenvalue weighted by Crippen LogP contribution is 2.39. The summed E-state index contributed by atoms with van der Waals surface area (Å²) < 4.78 is 6.38. The second-order valence-corrected chi connectivity index (χ2v) is 5.30. The molecule has 100 valence electrons. The van der Waals surface area contributed by atoms with E-state index in [1.54, 1.807) is 12.1 Å². The number of benzene rings is 1. The fourth-order valence-corrected chi connectivity index (χ4v) is 2.68. The minimum absolute atomic E-state index is 0.0658. The molecule has 0 unspecified atom stereocenters. The zero-order valence-electron chi connectivity index (χ0n) is 9.71. The fraction of sp³-hybridized carbons (Fsp3) is 0. The molecule has 0 radical (unpaired) electrons. The second kappa shape index (κ2) is 5.98. The van der Waals surface area contributed by atoms with Crippen molar-refractivity contribution in [1.82, 2.24) is 4.98 Å². The van der Waals surface area contributed by atoms with Gasteiger partial charge in [-0.3, -0.25) is 10.1 Å². The van der Waals surface area contributed by atoms with E-state index in [-0.39, 0.29) is 11.6 Å². The van der Waals surface area contributed by atoms with Gasteiger partial charge in [0.1, 0.15) is 6.07 Å². The lowest BCUT2D eigenvalue weighted by Crippen LogP contribution is -1.93. The maximum absolute atomic E-state index is 10.7. The molecule has 0 saturated heterocycles. The Morgan fingerprint density at radius 2 is 1.95 bits per heavy atom. The highest BCUT2D eigenvalue weighted by atomic mass is 79.9. The van der Waals surface area contributed by atoms with Crippen LogP contribution in [0.2, 0.25) is 0 Å². The van der Waals surface area contributed by atoms with Gasteiger partial charge < -0.3 is 4.74 Å². The fourth-order valence-electron chi connectivity index (χ4n) is 1.36. The van der Waals surface area contributed by atoms with Gasteiger partial charge in [0.25, 0.3) is 5.69 Å². The Kier molecular flexibility index (Phi) is 4.32. The van der Waals surface area contributed by atoms with Crippen LogP contribution in [0.3, 0.4) is 0 Å². The summed E-state index contributed by atoms with van der Waals surface area (Å²) in [7, 11) is 0. The van der Waals surface area contributed by atoms with Gasteiger partial charge >= 0.3 is 0 Å². The Labute approximate surface area is 130 Å². The Morgan fingerprint density at radius 1 is 1.30 bits per heavy atom. The Bertz CT molecular complexity index is 688. The van der Waals surface area contributed by atoms with E-state index in [0.29, 0.717) is 20.3 Å². The Balaban J connectivity index is 2.33. The summed E-state index contributed by atoms with van der Waals surface area (Å²) in [6.07, 6.45) is 1.38. The third kappa shape index (κ3) is 3.12. The van der Waals surface area contributed by atoms with Crippen molar-refractivity contribution in [3.63, 3.8) is 0 Å². The van der Waals surface area contributed by atoms with Crippen LogP contribution in [0.4, 0.5) is 5.69 Å². The molecule has 0 fully saturated rings. The number of aromatic nitrogens is 1. The molecule has 1 aromatic heterocycles. The first-order chi connectivity index (χ1) is 9.51. The van der Waals surface area contributed by atoms with Gasteiger partial charge in [-0.1, -0.05) is 0 Å². The molecule has 0 spiro atoms. The van der Waals surface area contributed by atoms with E-state index in [0.717, 1.165) is 0 Å². The molecule has 8 heteroatoms. The van der Waals surface area contributed by atoms with E-state index in [1.807, 2.05) is 6.07 Å². The first-order valence-electron chi connectivity index (χ1n) is 5.18. The third-order valence-electron chi connectivity index (χ3n) is 2.27. The van der Waals surface area contributed by atoms with Crippen LogP contribution in [-0.4, -0.2) is 9.91 Å². The van der Waals surface area contributed by atoms with E-state index in [4.69, 9.17) is 10.00 Å². The van der Waals surface area contributed by atoms with E-state index in [9.17, 15) is 10.1 Å². The van der Waals surface area contributed by atoms with Crippen molar-refractivity contribution in [1.29, 1.82) is 5.26 Å². The maximum atomic E-state index is 10.7. The topological polar surface area (TPSA) is 89.0 Å².